The Hall–Kier alpha value is 0.130. The van der Waals surface area contributed by atoms with Crippen molar-refractivity contribution in [2.24, 2.45) is 17.8 Å². The Bertz CT molecular complexity index is 170. The molecule has 76 valence electrons. The van der Waals surface area contributed by atoms with Gasteiger partial charge in [-0.05, 0) is 24.2 Å². The van der Waals surface area contributed by atoms with Gasteiger partial charge in [0.25, 0.3) is 0 Å². The van der Waals surface area contributed by atoms with E-state index in [0.29, 0.717) is 0 Å². The third kappa shape index (κ3) is 3.37. The van der Waals surface area contributed by atoms with E-state index in [1.807, 2.05) is 6.92 Å². The van der Waals surface area contributed by atoms with Crippen LogP contribution in [-0.4, -0.2) is 15.7 Å². The lowest BCUT2D eigenvalue weighted by atomic mass is 9.51. The second-order valence-electron chi connectivity index (χ2n) is 5.48. The quantitative estimate of drug-likeness (QED) is 0.593. The minimum atomic E-state index is -0.477. The number of rotatable bonds is 4. The van der Waals surface area contributed by atoms with Gasteiger partial charge in [0.05, 0.1) is 15.7 Å². The molecule has 0 aromatic carbocycles. The van der Waals surface area contributed by atoms with E-state index in [4.69, 9.17) is 15.7 Å². The fourth-order valence-corrected chi connectivity index (χ4v) is 2.97. The van der Waals surface area contributed by atoms with Gasteiger partial charge in [0.15, 0.2) is 0 Å². The molecule has 0 spiro atoms. The fraction of sp³-hybridized carbons (Fsp3) is 1.00. The first kappa shape index (κ1) is 12.2. The van der Waals surface area contributed by atoms with Crippen LogP contribution < -0.4 is 0 Å². The summed E-state index contributed by atoms with van der Waals surface area (Å²) in [5, 5.41) is -0.477. The van der Waals surface area contributed by atoms with E-state index in [9.17, 15) is 0 Å². The normalized spacial score (nSPS) is 33.5. The molecule has 1 aliphatic rings. The van der Waals surface area contributed by atoms with Crippen molar-refractivity contribution in [2.45, 2.75) is 58.1 Å². The molecule has 0 nitrogen and oxygen atoms in total. The van der Waals surface area contributed by atoms with Crippen LogP contribution >= 0.6 is 0 Å². The maximum absolute atomic E-state index is 5.91. The van der Waals surface area contributed by atoms with E-state index < -0.39 is 5.21 Å². The summed E-state index contributed by atoms with van der Waals surface area (Å²) in [6.45, 7) is 6.57. The van der Waals surface area contributed by atoms with Gasteiger partial charge in [-0.15, -0.1) is 5.21 Å². The monoisotopic (exact) mass is 188 g/mol. The SMILES string of the molecule is [B]C([B])(C)CC1C(C)CCC1CCC. The van der Waals surface area contributed by atoms with Crippen molar-refractivity contribution in [1.82, 2.24) is 0 Å². The minimum absolute atomic E-state index is 0.477. The molecule has 2 heteroatoms. The van der Waals surface area contributed by atoms with Crippen LogP contribution in [0.15, 0.2) is 0 Å². The summed E-state index contributed by atoms with van der Waals surface area (Å²) in [5.74, 6) is 2.45. The third-order valence-corrected chi connectivity index (χ3v) is 3.66. The van der Waals surface area contributed by atoms with Crippen molar-refractivity contribution in [3.63, 3.8) is 0 Å². The Balaban J connectivity index is 2.53. The molecule has 4 radical (unpaired) electrons. The van der Waals surface area contributed by atoms with Crippen LogP contribution in [0.2, 0.25) is 5.21 Å². The molecule has 1 saturated carbocycles. The van der Waals surface area contributed by atoms with Crippen molar-refractivity contribution in [3.8, 4) is 0 Å². The highest BCUT2D eigenvalue weighted by Gasteiger charge is 2.34. The largest absolute Gasteiger partial charge is 0.101 e. The van der Waals surface area contributed by atoms with Crippen molar-refractivity contribution in [2.75, 3.05) is 0 Å². The lowest BCUT2D eigenvalue weighted by Gasteiger charge is -2.30. The zero-order valence-corrected chi connectivity index (χ0v) is 9.92. The Morgan fingerprint density at radius 2 is 1.93 bits per heavy atom. The molecule has 1 rings (SSSR count). The van der Waals surface area contributed by atoms with Gasteiger partial charge in [-0.2, -0.15) is 0 Å². The van der Waals surface area contributed by atoms with Gasteiger partial charge in [0.2, 0.25) is 0 Å². The summed E-state index contributed by atoms with van der Waals surface area (Å²) in [6, 6.07) is 0. The van der Waals surface area contributed by atoms with Crippen LogP contribution in [0, 0.1) is 17.8 Å². The zero-order valence-electron chi connectivity index (χ0n) is 9.92. The minimum Gasteiger partial charge on any atom is -0.101 e. The smallest absolute Gasteiger partial charge is 0.0617 e. The van der Waals surface area contributed by atoms with Crippen LogP contribution in [0.1, 0.15) is 52.9 Å². The van der Waals surface area contributed by atoms with Crippen molar-refractivity contribution in [3.05, 3.63) is 0 Å². The van der Waals surface area contributed by atoms with Gasteiger partial charge in [-0.1, -0.05) is 46.5 Å². The van der Waals surface area contributed by atoms with Crippen LogP contribution in [0.4, 0.5) is 0 Å². The van der Waals surface area contributed by atoms with Gasteiger partial charge in [0, 0.05) is 0 Å². The lowest BCUT2D eigenvalue weighted by molar-refractivity contribution is 0.281. The van der Waals surface area contributed by atoms with E-state index in [1.165, 1.54) is 25.7 Å². The standard InChI is InChI=1S/C12H22B2/c1-4-5-10-7-6-9(2)11(10)8-12(3,13)14/h9-11H,4-8H2,1-3H3. The molecule has 3 atom stereocenters. The molecule has 1 aliphatic carbocycles. The van der Waals surface area contributed by atoms with Gasteiger partial charge in [0.1, 0.15) is 0 Å². The van der Waals surface area contributed by atoms with Crippen LogP contribution in [0.5, 0.6) is 0 Å². The van der Waals surface area contributed by atoms with Crippen LogP contribution in [-0.2, 0) is 0 Å². The lowest BCUT2D eigenvalue weighted by Crippen LogP contribution is -2.21. The van der Waals surface area contributed by atoms with Crippen LogP contribution in [0.25, 0.3) is 0 Å². The molecule has 0 bridgehead atoms. The first-order valence-corrected chi connectivity index (χ1v) is 6.02. The van der Waals surface area contributed by atoms with E-state index in [2.05, 4.69) is 13.8 Å². The summed E-state index contributed by atoms with van der Waals surface area (Å²) in [7, 11) is 11.8. The Labute approximate surface area is 92.1 Å². The highest BCUT2D eigenvalue weighted by atomic mass is 14.4. The molecule has 0 aromatic heterocycles. The van der Waals surface area contributed by atoms with Gasteiger partial charge >= 0.3 is 0 Å². The molecule has 0 aromatic rings. The van der Waals surface area contributed by atoms with E-state index in [-0.39, 0.29) is 0 Å². The van der Waals surface area contributed by atoms with Crippen molar-refractivity contribution < 1.29 is 0 Å². The average molecular weight is 188 g/mol. The van der Waals surface area contributed by atoms with Crippen LogP contribution in [0.3, 0.4) is 0 Å². The Kier molecular flexibility index (Phi) is 4.15. The molecule has 0 saturated heterocycles. The summed E-state index contributed by atoms with van der Waals surface area (Å²) < 4.78 is 0. The van der Waals surface area contributed by atoms with Gasteiger partial charge in [-0.3, -0.25) is 0 Å². The van der Waals surface area contributed by atoms with Crippen molar-refractivity contribution >= 4 is 15.7 Å². The topological polar surface area (TPSA) is 0 Å². The molecule has 14 heavy (non-hydrogen) atoms. The first-order chi connectivity index (χ1) is 6.44. The third-order valence-electron chi connectivity index (χ3n) is 3.66. The predicted molar refractivity (Wildman–Crippen MR) is 64.8 cm³/mol. The number of hydrogen-bond acceptors (Lipinski definition) is 0. The molecule has 0 N–H and O–H groups in total. The molecule has 1 fully saturated rings. The fourth-order valence-electron chi connectivity index (χ4n) is 2.97. The molecule has 0 amide bonds. The maximum atomic E-state index is 5.91. The molecule has 3 unspecified atom stereocenters. The highest BCUT2D eigenvalue weighted by molar-refractivity contribution is 6.39. The zero-order chi connectivity index (χ0) is 10.8. The number of hydrogen-bond donors (Lipinski definition) is 0. The summed E-state index contributed by atoms with van der Waals surface area (Å²) >= 11 is 0. The molecular formula is C12H22B2. The average Bonchev–Trinajstić information content (AvgIpc) is 2.34. The summed E-state index contributed by atoms with van der Waals surface area (Å²) in [4.78, 5) is 0. The molecular weight excluding hydrogens is 166 g/mol. The Morgan fingerprint density at radius 1 is 1.29 bits per heavy atom. The second-order valence-corrected chi connectivity index (χ2v) is 5.48. The van der Waals surface area contributed by atoms with E-state index in [1.54, 1.807) is 0 Å². The summed E-state index contributed by atoms with van der Waals surface area (Å²) in [5.41, 5.74) is 0. The Morgan fingerprint density at radius 3 is 2.43 bits per heavy atom. The maximum Gasteiger partial charge on any atom is 0.0617 e. The van der Waals surface area contributed by atoms with E-state index in [0.717, 1.165) is 24.2 Å². The van der Waals surface area contributed by atoms with Gasteiger partial charge < -0.3 is 0 Å². The van der Waals surface area contributed by atoms with E-state index >= 15 is 0 Å². The summed E-state index contributed by atoms with van der Waals surface area (Å²) in [6.07, 6.45) is 6.38. The molecule has 0 aliphatic heterocycles. The van der Waals surface area contributed by atoms with Gasteiger partial charge in [-0.25, -0.2) is 0 Å². The van der Waals surface area contributed by atoms with Crippen molar-refractivity contribution in [1.29, 1.82) is 0 Å². The predicted octanol–water partition coefficient (Wildman–Crippen LogP) is 3.31. The highest BCUT2D eigenvalue weighted by Crippen LogP contribution is 2.45. The first-order valence-electron chi connectivity index (χ1n) is 6.02. The second kappa shape index (κ2) is 4.77. The molecule has 0 heterocycles.